The third kappa shape index (κ3) is 3.13. The van der Waals surface area contributed by atoms with Crippen LogP contribution in [0.4, 0.5) is 0 Å². The highest BCUT2D eigenvalue weighted by Crippen LogP contribution is 2.23. The quantitative estimate of drug-likeness (QED) is 0.857. The van der Waals surface area contributed by atoms with E-state index >= 15 is 0 Å². The van der Waals surface area contributed by atoms with E-state index < -0.39 is 10.0 Å². The molecule has 0 bridgehead atoms. The number of hydrogen-bond donors (Lipinski definition) is 1. The number of alkyl halides is 1. The van der Waals surface area contributed by atoms with Crippen molar-refractivity contribution in [3.8, 4) is 0 Å². The van der Waals surface area contributed by atoms with Gasteiger partial charge >= 0.3 is 0 Å². The van der Waals surface area contributed by atoms with Crippen molar-refractivity contribution < 1.29 is 8.42 Å². The van der Waals surface area contributed by atoms with Crippen molar-refractivity contribution in [3.63, 3.8) is 0 Å². The fourth-order valence-corrected chi connectivity index (χ4v) is 3.96. The van der Waals surface area contributed by atoms with E-state index in [1.165, 1.54) is 10.5 Å². The fraction of sp³-hybridized carbons (Fsp3) is 0.667. The molecule has 0 aliphatic carbocycles. The molecule has 0 atom stereocenters. The first-order valence-corrected chi connectivity index (χ1v) is 8.32. The molecule has 1 N–H and O–H groups in total. The molecular weight excluding hydrogens is 286 g/mol. The molecule has 7 heteroatoms. The summed E-state index contributed by atoms with van der Waals surface area (Å²) >= 11 is 5.69. The van der Waals surface area contributed by atoms with Crippen LogP contribution < -0.4 is 0 Å². The zero-order chi connectivity index (χ0) is 14.0. The first-order valence-electron chi connectivity index (χ1n) is 6.35. The Bertz CT molecular complexity index is 521. The number of sulfonamides is 1. The van der Waals surface area contributed by atoms with Crippen LogP contribution in [0.15, 0.2) is 17.2 Å². The van der Waals surface area contributed by atoms with Crippen LogP contribution in [0.1, 0.15) is 18.5 Å². The number of aromatic amines is 1. The van der Waals surface area contributed by atoms with Crippen molar-refractivity contribution in [2.45, 2.75) is 29.7 Å². The van der Waals surface area contributed by atoms with E-state index in [1.807, 2.05) is 0 Å². The minimum atomic E-state index is -3.42. The maximum Gasteiger partial charge on any atom is 0.244 e. The molecule has 2 heterocycles. The molecule has 1 aromatic heterocycles. The Morgan fingerprint density at radius 3 is 2.63 bits per heavy atom. The molecule has 19 heavy (non-hydrogen) atoms. The second-order valence-corrected chi connectivity index (χ2v) is 7.31. The molecule has 1 aliphatic heterocycles. The fourth-order valence-electron chi connectivity index (χ4n) is 2.37. The van der Waals surface area contributed by atoms with E-state index in [-0.39, 0.29) is 11.9 Å². The minimum absolute atomic E-state index is 0.0792. The van der Waals surface area contributed by atoms with Crippen LogP contribution in [-0.4, -0.2) is 55.8 Å². The number of piperidine rings is 1. The molecule has 0 spiro atoms. The number of hydrogen-bond acceptors (Lipinski definition) is 3. The smallest absolute Gasteiger partial charge is 0.244 e. The highest BCUT2D eigenvalue weighted by Gasteiger charge is 2.30. The second-order valence-electron chi connectivity index (χ2n) is 5.05. The van der Waals surface area contributed by atoms with Gasteiger partial charge in [0.2, 0.25) is 10.0 Å². The van der Waals surface area contributed by atoms with Gasteiger partial charge in [-0.05, 0) is 39.0 Å². The van der Waals surface area contributed by atoms with E-state index in [0.29, 0.717) is 4.90 Å². The number of nitrogens with one attached hydrogen (secondary N) is 1. The predicted octanol–water partition coefficient (Wildman–Crippen LogP) is 1.47. The van der Waals surface area contributed by atoms with E-state index in [0.717, 1.165) is 31.6 Å². The lowest BCUT2D eigenvalue weighted by atomic mass is 10.1. The predicted molar refractivity (Wildman–Crippen MR) is 75.8 cm³/mol. The summed E-state index contributed by atoms with van der Waals surface area (Å²) in [6, 6.07) is 1.68. The van der Waals surface area contributed by atoms with Crippen LogP contribution in [0, 0.1) is 0 Å². The van der Waals surface area contributed by atoms with Gasteiger partial charge in [-0.2, -0.15) is 4.31 Å². The van der Waals surface area contributed by atoms with E-state index in [2.05, 4.69) is 16.9 Å². The Morgan fingerprint density at radius 2 is 2.11 bits per heavy atom. The molecule has 1 aromatic rings. The molecule has 1 fully saturated rings. The Kier molecular flexibility index (Phi) is 4.55. The second kappa shape index (κ2) is 5.83. The molecule has 1 saturated heterocycles. The number of aromatic nitrogens is 1. The lowest BCUT2D eigenvalue weighted by Crippen LogP contribution is -2.44. The van der Waals surface area contributed by atoms with Gasteiger partial charge in [0.1, 0.15) is 0 Å². The number of H-pyrrole nitrogens is 1. The van der Waals surface area contributed by atoms with Crippen molar-refractivity contribution >= 4 is 21.6 Å². The molecule has 5 nitrogen and oxygen atoms in total. The zero-order valence-corrected chi connectivity index (χ0v) is 12.8. The summed E-state index contributed by atoms with van der Waals surface area (Å²) in [5, 5.41) is 0. The van der Waals surface area contributed by atoms with Gasteiger partial charge in [-0.25, -0.2) is 8.42 Å². The van der Waals surface area contributed by atoms with Crippen LogP contribution in [0.5, 0.6) is 0 Å². The molecule has 0 aromatic carbocycles. The third-order valence-electron chi connectivity index (χ3n) is 3.74. The van der Waals surface area contributed by atoms with Crippen molar-refractivity contribution in [2.24, 2.45) is 0 Å². The van der Waals surface area contributed by atoms with E-state index in [1.54, 1.807) is 13.1 Å². The standard InChI is InChI=1S/C12H20ClN3O2S/c1-15-5-3-11(4-6-15)16(2)19(17,18)12-7-10(8-13)14-9-12/h7,9,11,14H,3-6,8H2,1-2H3. The molecule has 0 unspecified atom stereocenters. The van der Waals surface area contributed by atoms with Crippen molar-refractivity contribution in [1.29, 1.82) is 0 Å². The topological polar surface area (TPSA) is 56.4 Å². The molecule has 0 radical (unpaired) electrons. The molecule has 0 amide bonds. The summed E-state index contributed by atoms with van der Waals surface area (Å²) in [6.07, 6.45) is 3.26. The first kappa shape index (κ1) is 14.8. The van der Waals surface area contributed by atoms with Gasteiger partial charge in [0.15, 0.2) is 0 Å². The lowest BCUT2D eigenvalue weighted by molar-refractivity contribution is 0.197. The average Bonchev–Trinajstić information content (AvgIpc) is 2.88. The van der Waals surface area contributed by atoms with Crippen LogP contribution in [0.2, 0.25) is 0 Å². The maximum atomic E-state index is 12.5. The van der Waals surface area contributed by atoms with Gasteiger partial charge in [0.25, 0.3) is 0 Å². The molecule has 0 saturated carbocycles. The van der Waals surface area contributed by atoms with Crippen LogP contribution >= 0.6 is 11.6 Å². The average molecular weight is 306 g/mol. The highest BCUT2D eigenvalue weighted by molar-refractivity contribution is 7.89. The van der Waals surface area contributed by atoms with E-state index in [9.17, 15) is 8.42 Å². The monoisotopic (exact) mass is 305 g/mol. The van der Waals surface area contributed by atoms with Gasteiger partial charge in [-0.1, -0.05) is 0 Å². The third-order valence-corrected chi connectivity index (χ3v) is 5.92. The van der Waals surface area contributed by atoms with Gasteiger partial charge in [0.05, 0.1) is 10.8 Å². The van der Waals surface area contributed by atoms with Crippen LogP contribution in [0.25, 0.3) is 0 Å². The lowest BCUT2D eigenvalue weighted by Gasteiger charge is -2.34. The normalized spacial score (nSPS) is 19.2. The first-order chi connectivity index (χ1) is 8.95. The minimum Gasteiger partial charge on any atom is -0.363 e. The summed E-state index contributed by atoms with van der Waals surface area (Å²) < 4.78 is 26.5. The summed E-state index contributed by atoms with van der Waals surface area (Å²) in [5.74, 6) is 0.285. The highest BCUT2D eigenvalue weighted by atomic mass is 35.5. The van der Waals surface area contributed by atoms with Gasteiger partial charge in [-0.15, -0.1) is 11.6 Å². The van der Waals surface area contributed by atoms with Crippen molar-refractivity contribution in [3.05, 3.63) is 18.0 Å². The SMILES string of the molecule is CN1CCC(N(C)S(=O)(=O)c2c[nH]c(CCl)c2)CC1. The largest absolute Gasteiger partial charge is 0.363 e. The summed E-state index contributed by atoms with van der Waals surface area (Å²) in [5.41, 5.74) is 0.719. The number of nitrogens with zero attached hydrogens (tertiary/aromatic N) is 2. The summed E-state index contributed by atoms with van der Waals surface area (Å²) in [7, 11) is 0.304. The van der Waals surface area contributed by atoms with Gasteiger partial charge in [-0.3, -0.25) is 0 Å². The molecule has 1 aliphatic rings. The Balaban J connectivity index is 2.14. The van der Waals surface area contributed by atoms with Crippen LogP contribution in [-0.2, 0) is 15.9 Å². The van der Waals surface area contributed by atoms with E-state index in [4.69, 9.17) is 11.6 Å². The molecule has 108 valence electrons. The molecule has 2 rings (SSSR count). The number of likely N-dealkylation sites (tertiary alicyclic amines) is 1. The Hall–Kier alpha value is -0.560. The van der Waals surface area contributed by atoms with Crippen LogP contribution in [0.3, 0.4) is 0 Å². The zero-order valence-electron chi connectivity index (χ0n) is 11.3. The number of rotatable bonds is 4. The summed E-state index contributed by atoms with van der Waals surface area (Å²) in [4.78, 5) is 5.40. The summed E-state index contributed by atoms with van der Waals surface area (Å²) in [6.45, 7) is 1.87. The van der Waals surface area contributed by atoms with Gasteiger partial charge in [0, 0.05) is 25.0 Å². The van der Waals surface area contributed by atoms with Crippen molar-refractivity contribution in [1.82, 2.24) is 14.2 Å². The van der Waals surface area contributed by atoms with Crippen molar-refractivity contribution in [2.75, 3.05) is 27.2 Å². The number of halogens is 1. The maximum absolute atomic E-state index is 12.5. The van der Waals surface area contributed by atoms with Gasteiger partial charge < -0.3 is 9.88 Å². The molecular formula is C12H20ClN3O2S. The Labute approximate surface area is 119 Å². The Morgan fingerprint density at radius 1 is 1.47 bits per heavy atom.